The molecule has 10 heteroatoms. The molecule has 6 nitrogen and oxygen atoms in total. The molecule has 2 N–H and O–H groups in total. The van der Waals surface area contributed by atoms with E-state index in [2.05, 4.69) is 11.8 Å². The molecule has 0 heterocycles. The van der Waals surface area contributed by atoms with Gasteiger partial charge in [0.05, 0.1) is 12.8 Å². The van der Waals surface area contributed by atoms with Gasteiger partial charge in [-0.1, -0.05) is 72.8 Å². The molecule has 274 valence electrons. The van der Waals surface area contributed by atoms with Crippen molar-refractivity contribution in [1.82, 2.24) is 4.90 Å². The van der Waals surface area contributed by atoms with Crippen molar-refractivity contribution in [2.75, 3.05) is 0 Å². The van der Waals surface area contributed by atoms with Crippen molar-refractivity contribution in [3.8, 4) is 0 Å². The molecule has 0 spiro atoms. The number of carbonyl (C=O) groups excluding carboxylic acids is 2. The standard InChI is InChI=1S/C28H31F2NO2.C13H17F2NO2/c1-20(22-13-9-6-10-14-22)31(19-21-11-7-5-8-12-21)26(18-27(32)33-28(2,3)4)23-15-16-24(29)25(30)17-23;1-13(2,3)18-12(17)7-11(16)8-4-5-9(14)10(15)6-8/h5-17,20,26H,18-19H2,1-4H3;4-6,11H,7,16H2,1-3H3/t20-,26+;11-/m01/s1. The molecule has 0 radical (unpaired) electrons. The van der Waals surface area contributed by atoms with E-state index in [1.165, 1.54) is 12.1 Å². The van der Waals surface area contributed by atoms with Crippen LogP contribution in [0.1, 0.15) is 102 Å². The zero-order chi connectivity index (χ0) is 37.9. The predicted octanol–water partition coefficient (Wildman–Crippen LogP) is 9.70. The third-order valence-corrected chi connectivity index (χ3v) is 7.67. The van der Waals surface area contributed by atoms with Gasteiger partial charge in [-0.15, -0.1) is 0 Å². The predicted molar refractivity (Wildman–Crippen MR) is 190 cm³/mol. The van der Waals surface area contributed by atoms with Crippen LogP contribution in [0.2, 0.25) is 0 Å². The van der Waals surface area contributed by atoms with Crippen LogP contribution in [0.5, 0.6) is 0 Å². The molecule has 0 bridgehead atoms. The Bertz CT molecular complexity index is 1720. The molecule has 4 aromatic rings. The molecule has 4 rings (SSSR count). The van der Waals surface area contributed by atoms with Crippen LogP contribution in [0.15, 0.2) is 97.1 Å². The van der Waals surface area contributed by atoms with Gasteiger partial charge in [-0.25, -0.2) is 17.6 Å². The Morgan fingerprint density at radius 1 is 0.627 bits per heavy atom. The van der Waals surface area contributed by atoms with Crippen molar-refractivity contribution in [1.29, 1.82) is 0 Å². The van der Waals surface area contributed by atoms with Gasteiger partial charge in [0.1, 0.15) is 11.2 Å². The van der Waals surface area contributed by atoms with Crippen LogP contribution in [0.3, 0.4) is 0 Å². The van der Waals surface area contributed by atoms with E-state index in [4.69, 9.17) is 15.2 Å². The summed E-state index contributed by atoms with van der Waals surface area (Å²) in [6.07, 6.45) is -0.0747. The van der Waals surface area contributed by atoms with E-state index in [1.54, 1.807) is 26.8 Å². The minimum atomic E-state index is -0.980. The smallest absolute Gasteiger partial charge is 0.308 e. The maximum atomic E-state index is 14.3. The highest BCUT2D eigenvalue weighted by Crippen LogP contribution is 2.36. The molecular formula is C41H48F4N2O4. The van der Waals surface area contributed by atoms with Gasteiger partial charge in [0.25, 0.3) is 0 Å². The fourth-order valence-electron chi connectivity index (χ4n) is 5.35. The Balaban J connectivity index is 0.000000330. The molecule has 0 aliphatic carbocycles. The van der Waals surface area contributed by atoms with Gasteiger partial charge in [0.15, 0.2) is 23.3 Å². The average molecular weight is 709 g/mol. The first-order chi connectivity index (χ1) is 23.8. The molecule has 0 saturated carbocycles. The van der Waals surface area contributed by atoms with E-state index >= 15 is 0 Å². The number of esters is 2. The molecular weight excluding hydrogens is 660 g/mol. The Morgan fingerprint density at radius 2 is 1.08 bits per heavy atom. The van der Waals surface area contributed by atoms with Crippen LogP contribution >= 0.6 is 0 Å². The number of halogens is 4. The van der Waals surface area contributed by atoms with Crippen molar-refractivity contribution in [2.45, 2.75) is 97.2 Å². The number of nitrogens with two attached hydrogens (primary N) is 1. The third kappa shape index (κ3) is 13.6. The van der Waals surface area contributed by atoms with Gasteiger partial charge < -0.3 is 15.2 Å². The van der Waals surface area contributed by atoms with E-state index in [1.807, 2.05) is 81.4 Å². The number of benzene rings is 4. The highest BCUT2D eigenvalue weighted by Gasteiger charge is 2.31. The minimum Gasteiger partial charge on any atom is -0.460 e. The summed E-state index contributed by atoms with van der Waals surface area (Å²) in [4.78, 5) is 26.6. The summed E-state index contributed by atoms with van der Waals surface area (Å²) in [5.41, 5.74) is 7.50. The van der Waals surface area contributed by atoms with Gasteiger partial charge in [-0.3, -0.25) is 14.5 Å². The highest BCUT2D eigenvalue weighted by atomic mass is 19.2. The molecule has 51 heavy (non-hydrogen) atoms. The summed E-state index contributed by atoms with van der Waals surface area (Å²) in [5, 5.41) is 0. The van der Waals surface area contributed by atoms with Gasteiger partial charge in [0, 0.05) is 24.7 Å². The molecule has 0 unspecified atom stereocenters. The van der Waals surface area contributed by atoms with Gasteiger partial charge in [-0.2, -0.15) is 0 Å². The molecule has 0 amide bonds. The zero-order valence-electron chi connectivity index (χ0n) is 30.3. The van der Waals surface area contributed by atoms with E-state index in [-0.39, 0.29) is 18.9 Å². The summed E-state index contributed by atoms with van der Waals surface area (Å²) in [5.74, 6) is -4.64. The number of hydrogen-bond donors (Lipinski definition) is 1. The van der Waals surface area contributed by atoms with Crippen LogP contribution in [0, 0.1) is 23.3 Å². The minimum absolute atomic E-state index is 0.00630. The van der Waals surface area contributed by atoms with Crippen LogP contribution < -0.4 is 5.73 Å². The first-order valence-corrected chi connectivity index (χ1v) is 16.8. The van der Waals surface area contributed by atoms with E-state index in [0.717, 1.165) is 29.3 Å². The molecule has 0 saturated heterocycles. The fraction of sp³-hybridized carbons (Fsp3) is 0.366. The third-order valence-electron chi connectivity index (χ3n) is 7.67. The number of rotatable bonds is 11. The molecule has 4 aromatic carbocycles. The fourth-order valence-corrected chi connectivity index (χ4v) is 5.35. The summed E-state index contributed by atoms with van der Waals surface area (Å²) < 4.78 is 64.4. The Kier molecular flexibility index (Phi) is 14.5. The van der Waals surface area contributed by atoms with Gasteiger partial charge in [-0.05, 0) is 95.0 Å². The first-order valence-electron chi connectivity index (χ1n) is 16.8. The monoisotopic (exact) mass is 708 g/mol. The lowest BCUT2D eigenvalue weighted by Gasteiger charge is -2.37. The highest BCUT2D eigenvalue weighted by molar-refractivity contribution is 5.71. The normalized spacial score (nSPS) is 13.4. The summed E-state index contributed by atoms with van der Waals surface area (Å²) in [6, 6.07) is 25.7. The van der Waals surface area contributed by atoms with E-state index in [9.17, 15) is 27.2 Å². The number of nitrogens with zero attached hydrogens (tertiary/aromatic N) is 1. The lowest BCUT2D eigenvalue weighted by atomic mass is 9.96. The second-order valence-electron chi connectivity index (χ2n) is 14.3. The second kappa shape index (κ2) is 18.1. The molecule has 0 aromatic heterocycles. The van der Waals surface area contributed by atoms with Crippen molar-refractivity contribution < 1.29 is 36.6 Å². The lowest BCUT2D eigenvalue weighted by Crippen LogP contribution is -2.34. The van der Waals surface area contributed by atoms with Crippen LogP contribution in [0.4, 0.5) is 17.6 Å². The first kappa shape index (κ1) is 40.9. The number of carbonyl (C=O) groups is 2. The summed E-state index contributed by atoms with van der Waals surface area (Å²) in [6.45, 7) is 13.2. The van der Waals surface area contributed by atoms with Crippen molar-refractivity contribution in [3.63, 3.8) is 0 Å². The Hall–Kier alpha value is -4.54. The quantitative estimate of drug-likeness (QED) is 0.123. The van der Waals surface area contributed by atoms with Gasteiger partial charge >= 0.3 is 11.9 Å². The van der Waals surface area contributed by atoms with Crippen LogP contribution in [-0.4, -0.2) is 28.0 Å². The largest absolute Gasteiger partial charge is 0.460 e. The number of ether oxygens (including phenoxy) is 2. The Morgan fingerprint density at radius 3 is 1.57 bits per heavy atom. The maximum Gasteiger partial charge on any atom is 0.308 e. The Labute approximate surface area is 298 Å². The van der Waals surface area contributed by atoms with Crippen LogP contribution in [0.25, 0.3) is 0 Å². The van der Waals surface area contributed by atoms with E-state index in [0.29, 0.717) is 17.7 Å². The van der Waals surface area contributed by atoms with Gasteiger partial charge in [0.2, 0.25) is 0 Å². The molecule has 3 atom stereocenters. The zero-order valence-corrected chi connectivity index (χ0v) is 30.3. The molecule has 0 aliphatic heterocycles. The SMILES string of the molecule is CC(C)(C)OC(=O)C[C@@H](N)c1ccc(F)c(F)c1.C[C@@H](c1ccccc1)N(Cc1ccccc1)[C@H](CC(=O)OC(C)(C)C)c1ccc(F)c(F)c1. The topological polar surface area (TPSA) is 81.9 Å². The molecule has 0 aliphatic rings. The van der Waals surface area contributed by atoms with E-state index < -0.39 is 58.5 Å². The van der Waals surface area contributed by atoms with Crippen molar-refractivity contribution in [3.05, 3.63) is 143 Å². The summed E-state index contributed by atoms with van der Waals surface area (Å²) in [7, 11) is 0. The van der Waals surface area contributed by atoms with Crippen molar-refractivity contribution >= 4 is 11.9 Å². The molecule has 0 fully saturated rings. The average Bonchev–Trinajstić information content (AvgIpc) is 3.04. The maximum absolute atomic E-state index is 14.3. The lowest BCUT2D eigenvalue weighted by molar-refractivity contribution is -0.157. The number of hydrogen-bond acceptors (Lipinski definition) is 6. The summed E-state index contributed by atoms with van der Waals surface area (Å²) >= 11 is 0. The second-order valence-corrected chi connectivity index (χ2v) is 14.3. The van der Waals surface area contributed by atoms with Crippen LogP contribution in [-0.2, 0) is 25.6 Å². The van der Waals surface area contributed by atoms with Crippen molar-refractivity contribution in [2.24, 2.45) is 5.73 Å².